The molecule has 1 aliphatic heterocycles. The van der Waals surface area contributed by atoms with E-state index in [1.165, 1.54) is 24.1 Å². The number of hydrogen-bond acceptors (Lipinski definition) is 4. The quantitative estimate of drug-likeness (QED) is 0.722. The molecule has 7 heteroatoms. The summed E-state index contributed by atoms with van der Waals surface area (Å²) in [4.78, 5) is 16.0. The van der Waals surface area contributed by atoms with Crippen LogP contribution in [0.3, 0.4) is 0 Å². The fourth-order valence-corrected chi connectivity index (χ4v) is 4.13. The summed E-state index contributed by atoms with van der Waals surface area (Å²) >= 11 is 7.67. The van der Waals surface area contributed by atoms with Crippen LogP contribution in [0.25, 0.3) is 0 Å². The molecule has 26 heavy (non-hydrogen) atoms. The Balaban J connectivity index is 0.00000243. The SMILES string of the molecule is Cl.O=C(COc1cccc(Cl)c1)NCC(c1cccs1)N1CCCCC1. The summed E-state index contributed by atoms with van der Waals surface area (Å²) < 4.78 is 5.51. The van der Waals surface area contributed by atoms with E-state index in [4.69, 9.17) is 16.3 Å². The summed E-state index contributed by atoms with van der Waals surface area (Å²) in [7, 11) is 0. The van der Waals surface area contributed by atoms with Gasteiger partial charge in [-0.05, 0) is 55.6 Å². The van der Waals surface area contributed by atoms with Crippen molar-refractivity contribution in [2.45, 2.75) is 25.3 Å². The molecule has 0 aliphatic carbocycles. The average Bonchev–Trinajstić information content (AvgIpc) is 3.15. The van der Waals surface area contributed by atoms with Crippen LogP contribution in [0, 0.1) is 0 Å². The first-order valence-electron chi connectivity index (χ1n) is 8.65. The molecule has 0 spiro atoms. The van der Waals surface area contributed by atoms with E-state index in [0.717, 1.165) is 13.1 Å². The van der Waals surface area contributed by atoms with Crippen molar-refractivity contribution < 1.29 is 9.53 Å². The zero-order chi connectivity index (χ0) is 17.5. The van der Waals surface area contributed by atoms with Gasteiger partial charge in [0.2, 0.25) is 0 Å². The van der Waals surface area contributed by atoms with Crippen LogP contribution in [0.2, 0.25) is 5.02 Å². The van der Waals surface area contributed by atoms with Gasteiger partial charge in [0.05, 0.1) is 6.04 Å². The lowest BCUT2D eigenvalue weighted by Crippen LogP contribution is -2.41. The van der Waals surface area contributed by atoms with E-state index in [1.54, 1.807) is 35.6 Å². The van der Waals surface area contributed by atoms with E-state index in [9.17, 15) is 4.79 Å². The van der Waals surface area contributed by atoms with Crippen LogP contribution in [-0.4, -0.2) is 37.0 Å². The topological polar surface area (TPSA) is 41.6 Å². The highest BCUT2D eigenvalue weighted by Crippen LogP contribution is 2.27. The third kappa shape index (κ3) is 6.16. The highest BCUT2D eigenvalue weighted by Gasteiger charge is 2.23. The molecule has 1 fully saturated rings. The van der Waals surface area contributed by atoms with E-state index in [0.29, 0.717) is 17.3 Å². The number of rotatable bonds is 7. The van der Waals surface area contributed by atoms with Crippen molar-refractivity contribution in [2.24, 2.45) is 0 Å². The summed E-state index contributed by atoms with van der Waals surface area (Å²) in [6, 6.07) is 11.5. The van der Waals surface area contributed by atoms with Crippen LogP contribution in [-0.2, 0) is 4.79 Å². The molecule has 2 heterocycles. The first kappa shape index (κ1) is 21.0. The number of nitrogens with one attached hydrogen (secondary N) is 1. The van der Waals surface area contributed by atoms with Crippen LogP contribution >= 0.6 is 35.3 Å². The first-order valence-corrected chi connectivity index (χ1v) is 9.90. The smallest absolute Gasteiger partial charge is 0.258 e. The minimum absolute atomic E-state index is 0. The van der Waals surface area contributed by atoms with Crippen molar-refractivity contribution in [1.82, 2.24) is 10.2 Å². The number of likely N-dealkylation sites (tertiary alicyclic amines) is 1. The zero-order valence-corrected chi connectivity index (χ0v) is 16.9. The van der Waals surface area contributed by atoms with Gasteiger partial charge < -0.3 is 10.1 Å². The molecule has 3 rings (SSSR count). The van der Waals surface area contributed by atoms with E-state index in [-0.39, 0.29) is 31.0 Å². The number of benzene rings is 1. The van der Waals surface area contributed by atoms with Crippen molar-refractivity contribution in [3.63, 3.8) is 0 Å². The molecule has 0 bridgehead atoms. The van der Waals surface area contributed by atoms with Gasteiger partial charge in [-0.15, -0.1) is 23.7 Å². The zero-order valence-electron chi connectivity index (χ0n) is 14.5. The number of nitrogens with zero attached hydrogens (tertiary/aromatic N) is 1. The lowest BCUT2D eigenvalue weighted by Gasteiger charge is -2.34. The highest BCUT2D eigenvalue weighted by atomic mass is 35.5. The molecule has 4 nitrogen and oxygen atoms in total. The van der Waals surface area contributed by atoms with Crippen LogP contribution in [0.15, 0.2) is 41.8 Å². The molecule has 1 atom stereocenters. The first-order chi connectivity index (χ1) is 12.2. The number of thiophene rings is 1. The lowest BCUT2D eigenvalue weighted by atomic mass is 10.1. The molecule has 1 amide bonds. The van der Waals surface area contributed by atoms with Gasteiger partial charge in [-0.3, -0.25) is 9.69 Å². The van der Waals surface area contributed by atoms with Crippen molar-refractivity contribution in [2.75, 3.05) is 26.2 Å². The summed E-state index contributed by atoms with van der Waals surface area (Å²) in [6.07, 6.45) is 3.76. The van der Waals surface area contributed by atoms with Gasteiger partial charge >= 0.3 is 0 Å². The number of carbonyl (C=O) groups is 1. The average molecular weight is 415 g/mol. The summed E-state index contributed by atoms with van der Waals surface area (Å²) in [5, 5.41) is 5.71. The molecule has 0 saturated carbocycles. The van der Waals surface area contributed by atoms with E-state index < -0.39 is 0 Å². The minimum Gasteiger partial charge on any atom is -0.484 e. The molecule has 1 aliphatic rings. The van der Waals surface area contributed by atoms with Crippen molar-refractivity contribution in [3.8, 4) is 5.75 Å². The fraction of sp³-hybridized carbons (Fsp3) is 0.421. The van der Waals surface area contributed by atoms with Crippen LogP contribution in [0.5, 0.6) is 5.75 Å². The Labute approximate surface area is 169 Å². The predicted octanol–water partition coefficient (Wildman–Crippen LogP) is 4.55. The van der Waals surface area contributed by atoms with Gasteiger partial charge in [-0.25, -0.2) is 0 Å². The molecule has 2 aromatic rings. The normalized spacial score (nSPS) is 15.7. The van der Waals surface area contributed by atoms with Gasteiger partial charge in [0.1, 0.15) is 5.75 Å². The Morgan fingerprint density at radius 1 is 1.23 bits per heavy atom. The number of piperidine rings is 1. The van der Waals surface area contributed by atoms with Crippen molar-refractivity contribution >= 4 is 41.3 Å². The largest absolute Gasteiger partial charge is 0.484 e. The fourth-order valence-electron chi connectivity index (χ4n) is 3.09. The maximum Gasteiger partial charge on any atom is 0.258 e. The molecule has 0 radical (unpaired) electrons. The Bertz CT molecular complexity index is 676. The molecular formula is C19H24Cl2N2O2S. The number of carbonyl (C=O) groups excluding carboxylic acids is 1. The summed E-state index contributed by atoms with van der Waals surface area (Å²) in [6.45, 7) is 2.80. The van der Waals surface area contributed by atoms with E-state index in [2.05, 4.69) is 27.7 Å². The number of halogens is 2. The Hall–Kier alpha value is -1.27. The molecular weight excluding hydrogens is 391 g/mol. The second-order valence-electron chi connectivity index (χ2n) is 6.18. The molecule has 1 aromatic carbocycles. The van der Waals surface area contributed by atoms with Crippen LogP contribution in [0.4, 0.5) is 0 Å². The maximum absolute atomic E-state index is 12.2. The van der Waals surface area contributed by atoms with Crippen LogP contribution < -0.4 is 10.1 Å². The molecule has 1 N–H and O–H groups in total. The predicted molar refractivity (Wildman–Crippen MR) is 110 cm³/mol. The highest BCUT2D eigenvalue weighted by molar-refractivity contribution is 7.10. The van der Waals surface area contributed by atoms with Gasteiger partial charge in [0.25, 0.3) is 5.91 Å². The minimum atomic E-state index is -0.112. The van der Waals surface area contributed by atoms with Gasteiger partial charge in [-0.1, -0.05) is 30.2 Å². The molecule has 1 aromatic heterocycles. The second kappa shape index (κ2) is 10.8. The standard InChI is InChI=1S/C19H23ClN2O2S.ClH/c20-15-6-4-7-16(12-15)24-14-19(23)21-13-17(18-8-5-11-25-18)22-9-2-1-3-10-22;/h4-8,11-12,17H,1-3,9-10,13-14H2,(H,21,23);1H. The Kier molecular flexibility index (Phi) is 8.72. The Morgan fingerprint density at radius 3 is 2.73 bits per heavy atom. The van der Waals surface area contributed by atoms with Crippen molar-refractivity contribution in [1.29, 1.82) is 0 Å². The summed E-state index contributed by atoms with van der Waals surface area (Å²) in [5.74, 6) is 0.493. The van der Waals surface area contributed by atoms with Crippen molar-refractivity contribution in [3.05, 3.63) is 51.7 Å². The van der Waals surface area contributed by atoms with Gasteiger partial charge in [0.15, 0.2) is 6.61 Å². The number of amides is 1. The maximum atomic E-state index is 12.2. The number of ether oxygens (including phenoxy) is 1. The van der Waals surface area contributed by atoms with E-state index >= 15 is 0 Å². The molecule has 1 saturated heterocycles. The van der Waals surface area contributed by atoms with Gasteiger partial charge in [-0.2, -0.15) is 0 Å². The summed E-state index contributed by atoms with van der Waals surface area (Å²) in [5.41, 5.74) is 0. The van der Waals surface area contributed by atoms with E-state index in [1.807, 2.05) is 0 Å². The molecule has 142 valence electrons. The monoisotopic (exact) mass is 414 g/mol. The third-order valence-electron chi connectivity index (χ3n) is 4.36. The lowest BCUT2D eigenvalue weighted by molar-refractivity contribution is -0.123. The second-order valence-corrected chi connectivity index (χ2v) is 7.59. The molecule has 1 unspecified atom stereocenters. The Morgan fingerprint density at radius 2 is 2.04 bits per heavy atom. The van der Waals surface area contributed by atoms with Crippen LogP contribution in [0.1, 0.15) is 30.2 Å². The number of hydrogen-bond donors (Lipinski definition) is 1. The van der Waals surface area contributed by atoms with Gasteiger partial charge in [0, 0.05) is 16.4 Å². The third-order valence-corrected chi connectivity index (χ3v) is 5.57.